The van der Waals surface area contributed by atoms with E-state index in [9.17, 15) is 4.79 Å². The van der Waals surface area contributed by atoms with Gasteiger partial charge in [0.15, 0.2) is 0 Å². The molecule has 5 rings (SSSR count). The zero-order chi connectivity index (χ0) is 18.2. The molecule has 0 N–H and O–H groups in total. The Balaban J connectivity index is 1.37. The molecule has 1 amide bonds. The number of nitrogens with zero attached hydrogens (tertiary/aromatic N) is 2. The van der Waals surface area contributed by atoms with Crippen LogP contribution in [0, 0.1) is 0 Å². The second-order valence-electron chi connectivity index (χ2n) is 6.78. The van der Waals surface area contributed by atoms with Crippen LogP contribution in [0.15, 0.2) is 73.1 Å². The molecule has 3 aromatic rings. The minimum absolute atomic E-state index is 0.00322. The smallest absolute Gasteiger partial charge is 0.235 e. The fourth-order valence-corrected chi connectivity index (χ4v) is 3.66. The highest BCUT2D eigenvalue weighted by atomic mass is 16.5. The van der Waals surface area contributed by atoms with Gasteiger partial charge in [-0.3, -0.25) is 9.78 Å². The van der Waals surface area contributed by atoms with Crippen LogP contribution < -0.4 is 9.47 Å². The third kappa shape index (κ3) is 2.81. The number of fused-ring (bicyclic) bond motifs is 2. The topological polar surface area (TPSA) is 51.7 Å². The van der Waals surface area contributed by atoms with Crippen molar-refractivity contribution < 1.29 is 14.3 Å². The number of pyridine rings is 1. The van der Waals surface area contributed by atoms with Crippen molar-refractivity contribution in [3.05, 3.63) is 84.2 Å². The summed E-state index contributed by atoms with van der Waals surface area (Å²) < 4.78 is 11.9. The zero-order valence-corrected chi connectivity index (χ0v) is 14.6. The monoisotopic (exact) mass is 358 g/mol. The van der Waals surface area contributed by atoms with Crippen LogP contribution in [0.5, 0.6) is 17.2 Å². The molecule has 2 aromatic carbocycles. The lowest BCUT2D eigenvalue weighted by Crippen LogP contribution is -2.57. The van der Waals surface area contributed by atoms with Crippen LogP contribution in [0.1, 0.15) is 17.0 Å². The van der Waals surface area contributed by atoms with Crippen LogP contribution in [0.4, 0.5) is 0 Å². The minimum Gasteiger partial charge on any atom is -0.485 e. The summed E-state index contributed by atoms with van der Waals surface area (Å²) in [4.78, 5) is 19.2. The van der Waals surface area contributed by atoms with Crippen LogP contribution in [0.3, 0.4) is 0 Å². The number of hydrogen-bond donors (Lipinski definition) is 0. The molecule has 5 nitrogen and oxygen atoms in total. The van der Waals surface area contributed by atoms with Crippen molar-refractivity contribution >= 4 is 5.91 Å². The number of amides is 1. The quantitative estimate of drug-likeness (QED) is 0.718. The molecule has 0 spiro atoms. The molecule has 1 saturated heterocycles. The van der Waals surface area contributed by atoms with Crippen LogP contribution in [-0.4, -0.2) is 35.0 Å². The maximum Gasteiger partial charge on any atom is 0.235 e. The van der Waals surface area contributed by atoms with Gasteiger partial charge in [0.2, 0.25) is 5.91 Å². The van der Waals surface area contributed by atoms with Crippen molar-refractivity contribution in [1.82, 2.24) is 9.88 Å². The van der Waals surface area contributed by atoms with Gasteiger partial charge in [-0.05, 0) is 24.3 Å². The van der Waals surface area contributed by atoms with Gasteiger partial charge in [-0.1, -0.05) is 36.4 Å². The summed E-state index contributed by atoms with van der Waals surface area (Å²) in [6, 6.07) is 19.2. The molecule has 1 aromatic heterocycles. The molecule has 2 aliphatic heterocycles. The molecular formula is C22H18N2O3. The number of likely N-dealkylation sites (tertiary alicyclic amines) is 1. The molecule has 134 valence electrons. The number of carbonyl (C=O) groups is 1. The third-order valence-electron chi connectivity index (χ3n) is 5.02. The second kappa shape index (κ2) is 6.43. The standard InChI is InChI=1S/C22H18N2O3/c25-22(24-13-16(14-24)26-15-6-5-11-23-12-15)21-17-7-1-3-9-19(17)27-20-10-4-2-8-18(20)21/h1-12,16,21H,13-14H2. The predicted octanol–water partition coefficient (Wildman–Crippen LogP) is 3.61. The first kappa shape index (κ1) is 15.9. The number of ether oxygens (including phenoxy) is 2. The highest BCUT2D eigenvalue weighted by molar-refractivity contribution is 5.90. The van der Waals surface area contributed by atoms with Crippen LogP contribution in [0.2, 0.25) is 0 Å². The Kier molecular flexibility index (Phi) is 3.78. The van der Waals surface area contributed by atoms with Gasteiger partial charge in [-0.2, -0.15) is 0 Å². The number of benzene rings is 2. The Morgan fingerprint density at radius 1 is 0.963 bits per heavy atom. The third-order valence-corrected chi connectivity index (χ3v) is 5.02. The first-order valence-electron chi connectivity index (χ1n) is 9.01. The highest BCUT2D eigenvalue weighted by Gasteiger charge is 2.40. The van der Waals surface area contributed by atoms with Gasteiger partial charge in [-0.25, -0.2) is 0 Å². The summed E-state index contributed by atoms with van der Waals surface area (Å²) in [6.45, 7) is 1.16. The molecular weight excluding hydrogens is 340 g/mol. The van der Waals surface area contributed by atoms with Gasteiger partial charge in [0, 0.05) is 17.3 Å². The number of rotatable bonds is 3. The molecule has 0 aliphatic carbocycles. The largest absolute Gasteiger partial charge is 0.485 e. The molecule has 2 aliphatic rings. The van der Waals surface area contributed by atoms with Gasteiger partial charge in [0.05, 0.1) is 25.2 Å². The van der Waals surface area contributed by atoms with Crippen molar-refractivity contribution in [2.45, 2.75) is 12.0 Å². The average molecular weight is 358 g/mol. The predicted molar refractivity (Wildman–Crippen MR) is 100 cm³/mol. The number of para-hydroxylation sites is 2. The van der Waals surface area contributed by atoms with Crippen molar-refractivity contribution in [3.8, 4) is 17.2 Å². The first-order valence-corrected chi connectivity index (χ1v) is 9.01. The molecule has 0 bridgehead atoms. The van der Waals surface area contributed by atoms with Crippen LogP contribution >= 0.6 is 0 Å². The zero-order valence-electron chi connectivity index (χ0n) is 14.6. The van der Waals surface area contributed by atoms with E-state index in [4.69, 9.17) is 9.47 Å². The maximum atomic E-state index is 13.3. The fraction of sp³-hybridized carbons (Fsp3) is 0.182. The summed E-state index contributed by atoms with van der Waals surface area (Å²) in [5, 5.41) is 0. The average Bonchev–Trinajstić information content (AvgIpc) is 2.69. The first-order chi connectivity index (χ1) is 13.3. The van der Waals surface area contributed by atoms with Crippen molar-refractivity contribution in [3.63, 3.8) is 0 Å². The van der Waals surface area contributed by atoms with E-state index in [2.05, 4.69) is 4.98 Å². The highest BCUT2D eigenvalue weighted by Crippen LogP contribution is 2.45. The SMILES string of the molecule is O=C(C1c2ccccc2Oc2ccccc21)N1CC(Oc2cccnc2)C1. The molecule has 0 unspecified atom stereocenters. The second-order valence-corrected chi connectivity index (χ2v) is 6.78. The lowest BCUT2D eigenvalue weighted by atomic mass is 9.86. The maximum absolute atomic E-state index is 13.3. The van der Waals surface area contributed by atoms with Gasteiger partial charge < -0.3 is 14.4 Å². The molecule has 0 atom stereocenters. The Morgan fingerprint density at radius 3 is 2.26 bits per heavy atom. The van der Waals surface area contributed by atoms with Gasteiger partial charge in [-0.15, -0.1) is 0 Å². The number of carbonyl (C=O) groups excluding carboxylic acids is 1. The van der Waals surface area contributed by atoms with Crippen molar-refractivity contribution in [2.75, 3.05) is 13.1 Å². The summed E-state index contributed by atoms with van der Waals surface area (Å²) >= 11 is 0. The van der Waals surface area contributed by atoms with Gasteiger partial charge in [0.25, 0.3) is 0 Å². The summed E-state index contributed by atoms with van der Waals surface area (Å²) in [5.74, 6) is 1.97. The molecule has 1 fully saturated rings. The summed E-state index contributed by atoms with van der Waals surface area (Å²) in [6.07, 6.45) is 3.40. The molecule has 3 heterocycles. The molecule has 0 saturated carbocycles. The molecule has 0 radical (unpaired) electrons. The van der Waals surface area contributed by atoms with Crippen LogP contribution in [-0.2, 0) is 4.79 Å². The lowest BCUT2D eigenvalue weighted by molar-refractivity contribution is -0.140. The van der Waals surface area contributed by atoms with Crippen molar-refractivity contribution in [2.24, 2.45) is 0 Å². The van der Waals surface area contributed by atoms with E-state index < -0.39 is 0 Å². The number of hydrogen-bond acceptors (Lipinski definition) is 4. The Hall–Kier alpha value is -3.34. The van der Waals surface area contributed by atoms with E-state index in [1.165, 1.54) is 0 Å². The Morgan fingerprint density at radius 2 is 1.63 bits per heavy atom. The van der Waals surface area contributed by atoms with Crippen molar-refractivity contribution in [1.29, 1.82) is 0 Å². The van der Waals surface area contributed by atoms with Crippen LogP contribution in [0.25, 0.3) is 0 Å². The molecule has 27 heavy (non-hydrogen) atoms. The van der Waals surface area contributed by atoms with E-state index in [0.717, 1.165) is 28.4 Å². The lowest BCUT2D eigenvalue weighted by Gasteiger charge is -2.41. The Labute approximate surface area is 157 Å². The summed E-state index contributed by atoms with van der Waals surface area (Å²) in [7, 11) is 0. The van der Waals surface area contributed by atoms with E-state index in [0.29, 0.717) is 13.1 Å². The summed E-state index contributed by atoms with van der Waals surface area (Å²) in [5.41, 5.74) is 1.83. The van der Waals surface area contributed by atoms with E-state index in [1.807, 2.05) is 65.6 Å². The molecule has 5 heteroatoms. The minimum atomic E-state index is -0.342. The van der Waals surface area contributed by atoms with Gasteiger partial charge in [0.1, 0.15) is 23.4 Å². The fourth-order valence-electron chi connectivity index (χ4n) is 3.66. The van der Waals surface area contributed by atoms with E-state index in [1.54, 1.807) is 12.4 Å². The van der Waals surface area contributed by atoms with E-state index >= 15 is 0 Å². The normalized spacial score (nSPS) is 15.9. The number of aromatic nitrogens is 1. The Bertz CT molecular complexity index is 938. The van der Waals surface area contributed by atoms with E-state index in [-0.39, 0.29) is 17.9 Å². The van der Waals surface area contributed by atoms with Gasteiger partial charge >= 0.3 is 0 Å².